The monoisotopic (exact) mass is 492 g/mol. The fourth-order valence-corrected chi connectivity index (χ4v) is 4.88. The molecule has 32 heavy (non-hydrogen) atoms. The van der Waals surface area contributed by atoms with Gasteiger partial charge < -0.3 is 10.8 Å². The molecule has 3 aromatic heterocycles. The van der Waals surface area contributed by atoms with Crippen molar-refractivity contribution in [2.45, 2.75) is 31.6 Å². The number of fused-ring (bicyclic) bond motifs is 1. The first-order valence-corrected chi connectivity index (χ1v) is 11.3. The van der Waals surface area contributed by atoms with Crippen LogP contribution in [0.5, 0.6) is 0 Å². The van der Waals surface area contributed by atoms with Gasteiger partial charge in [-0.25, -0.2) is 15.0 Å². The molecule has 1 aliphatic rings. The Morgan fingerprint density at radius 1 is 1.03 bits per heavy atom. The normalized spacial score (nSPS) is 18.7. The van der Waals surface area contributed by atoms with Gasteiger partial charge in [0, 0.05) is 35.0 Å². The fraction of sp³-hybridized carbons (Fsp3) is 0.261. The first kappa shape index (κ1) is 20.6. The summed E-state index contributed by atoms with van der Waals surface area (Å²) < 4.78 is 2.32. The number of aliphatic carboxylic acids is 1. The van der Waals surface area contributed by atoms with Crippen LogP contribution in [0.25, 0.3) is 28.2 Å². The van der Waals surface area contributed by atoms with Crippen LogP contribution in [0, 0.1) is 5.92 Å². The smallest absolute Gasteiger partial charge is 0.306 e. The largest absolute Gasteiger partial charge is 0.481 e. The quantitative estimate of drug-likeness (QED) is 0.428. The third-order valence-corrected chi connectivity index (χ3v) is 6.92. The van der Waals surface area contributed by atoms with E-state index < -0.39 is 5.97 Å². The number of aromatic nitrogens is 5. The van der Waals surface area contributed by atoms with Crippen molar-refractivity contribution in [1.82, 2.24) is 24.6 Å². The lowest BCUT2D eigenvalue weighted by Crippen LogP contribution is -2.21. The van der Waals surface area contributed by atoms with Gasteiger partial charge in [-0.3, -0.25) is 4.79 Å². The molecule has 0 bridgehead atoms. The molecule has 1 aromatic carbocycles. The molecule has 1 saturated carbocycles. The second kappa shape index (κ2) is 8.31. The number of nitrogens with two attached hydrogens (primary N) is 1. The Bertz CT molecular complexity index is 1280. The van der Waals surface area contributed by atoms with E-state index in [9.17, 15) is 9.90 Å². The number of carbonyl (C=O) groups is 1. The van der Waals surface area contributed by atoms with Gasteiger partial charge in [-0.05, 0) is 41.6 Å². The van der Waals surface area contributed by atoms with Crippen LogP contribution in [-0.2, 0) is 4.79 Å². The Balaban J connectivity index is 1.51. The van der Waals surface area contributed by atoms with Gasteiger partial charge in [0.2, 0.25) is 0 Å². The lowest BCUT2D eigenvalue weighted by Gasteiger charge is -2.26. The number of halogens is 1. The molecular weight excluding hydrogens is 472 g/mol. The van der Waals surface area contributed by atoms with Crippen molar-refractivity contribution in [2.75, 3.05) is 5.73 Å². The van der Waals surface area contributed by atoms with Gasteiger partial charge in [-0.15, -0.1) is 0 Å². The second-order valence-electron chi connectivity index (χ2n) is 8.04. The molecule has 0 saturated heterocycles. The maximum absolute atomic E-state index is 11.3. The van der Waals surface area contributed by atoms with Crippen molar-refractivity contribution in [3.05, 3.63) is 59.1 Å². The van der Waals surface area contributed by atoms with E-state index in [0.717, 1.165) is 35.2 Å². The maximum Gasteiger partial charge on any atom is 0.306 e. The third kappa shape index (κ3) is 3.62. The number of anilines is 1. The van der Waals surface area contributed by atoms with E-state index >= 15 is 0 Å². The molecule has 162 valence electrons. The number of carboxylic acids is 1. The number of nitrogen functional groups attached to an aromatic ring is 1. The van der Waals surface area contributed by atoms with Crippen molar-refractivity contribution in [2.24, 2.45) is 5.92 Å². The number of hydrogen-bond donors (Lipinski definition) is 2. The lowest BCUT2D eigenvalue weighted by molar-refractivity contribution is -0.142. The highest BCUT2D eigenvalue weighted by Crippen LogP contribution is 2.40. The average Bonchev–Trinajstić information content (AvgIpc) is 3.26. The number of benzene rings is 1. The van der Waals surface area contributed by atoms with Crippen molar-refractivity contribution in [3.8, 4) is 22.5 Å². The predicted molar refractivity (Wildman–Crippen MR) is 124 cm³/mol. The molecule has 0 atom stereocenters. The molecule has 1 aliphatic carbocycles. The van der Waals surface area contributed by atoms with E-state index in [2.05, 4.69) is 31.0 Å². The Morgan fingerprint density at radius 2 is 1.72 bits per heavy atom. The summed E-state index contributed by atoms with van der Waals surface area (Å²) in [4.78, 5) is 25.3. The van der Waals surface area contributed by atoms with E-state index in [1.807, 2.05) is 30.3 Å². The molecule has 1 fully saturated rings. The summed E-state index contributed by atoms with van der Waals surface area (Å²) in [7, 11) is 0. The molecule has 0 spiro atoms. The first-order valence-electron chi connectivity index (χ1n) is 10.5. The van der Waals surface area contributed by atoms with Crippen molar-refractivity contribution >= 4 is 33.4 Å². The van der Waals surface area contributed by atoms with Gasteiger partial charge in [-0.1, -0.05) is 30.3 Å². The van der Waals surface area contributed by atoms with Crippen LogP contribution >= 0.6 is 15.9 Å². The lowest BCUT2D eigenvalue weighted by atomic mass is 9.80. The highest BCUT2D eigenvalue weighted by atomic mass is 79.9. The summed E-state index contributed by atoms with van der Waals surface area (Å²) in [6.07, 6.45) is 8.05. The van der Waals surface area contributed by atoms with Crippen LogP contribution in [0.3, 0.4) is 0 Å². The highest BCUT2D eigenvalue weighted by Gasteiger charge is 2.30. The van der Waals surface area contributed by atoms with Crippen molar-refractivity contribution in [3.63, 3.8) is 0 Å². The molecular formula is C23H21BrN6O2. The van der Waals surface area contributed by atoms with E-state index in [1.54, 1.807) is 23.1 Å². The molecule has 8 nitrogen and oxygen atoms in total. The second-order valence-corrected chi connectivity index (χ2v) is 8.83. The standard InChI is InChI=1S/C23H21BrN6O2/c24-18-19(13-6-8-15(9-7-13)23(31)32)29-22-17(12-28-30(22)20(18)25)16-10-26-21(27-11-16)14-4-2-1-3-5-14/h1-5,10-13,15H,6-9,25H2,(H,31,32)/t13-,15-. The average molecular weight is 493 g/mol. The third-order valence-electron chi connectivity index (χ3n) is 6.11. The molecule has 0 radical (unpaired) electrons. The zero-order valence-corrected chi connectivity index (χ0v) is 18.7. The van der Waals surface area contributed by atoms with Crippen LogP contribution in [0.4, 0.5) is 5.82 Å². The minimum Gasteiger partial charge on any atom is -0.481 e. The summed E-state index contributed by atoms with van der Waals surface area (Å²) in [5.74, 6) is 0.265. The van der Waals surface area contributed by atoms with Crippen LogP contribution < -0.4 is 5.73 Å². The maximum atomic E-state index is 11.3. The van der Waals surface area contributed by atoms with Crippen molar-refractivity contribution in [1.29, 1.82) is 0 Å². The van der Waals surface area contributed by atoms with Crippen LogP contribution in [0.15, 0.2) is 53.4 Å². The topological polar surface area (TPSA) is 119 Å². The molecule has 5 rings (SSSR count). The SMILES string of the molecule is Nc1c(Br)c([C@H]2CC[C@H](C(=O)O)CC2)nc2c(-c3cnc(-c4ccccc4)nc3)cnn12. The van der Waals surface area contributed by atoms with Gasteiger partial charge in [-0.2, -0.15) is 9.61 Å². The summed E-state index contributed by atoms with van der Waals surface area (Å²) >= 11 is 3.59. The number of rotatable bonds is 4. The molecule has 9 heteroatoms. The molecule has 0 aliphatic heterocycles. The summed E-state index contributed by atoms with van der Waals surface area (Å²) in [5.41, 5.74) is 10.4. The molecule has 0 amide bonds. The van der Waals surface area contributed by atoms with Gasteiger partial charge in [0.25, 0.3) is 0 Å². The minimum absolute atomic E-state index is 0.145. The van der Waals surface area contributed by atoms with Crippen molar-refractivity contribution < 1.29 is 9.90 Å². The van der Waals surface area contributed by atoms with Crippen LogP contribution in [-0.4, -0.2) is 35.6 Å². The van der Waals surface area contributed by atoms with Crippen LogP contribution in [0.1, 0.15) is 37.3 Å². The Morgan fingerprint density at radius 3 is 2.38 bits per heavy atom. The van der Waals surface area contributed by atoms with E-state index in [4.69, 9.17) is 10.7 Å². The molecule has 3 heterocycles. The van der Waals surface area contributed by atoms with E-state index in [1.165, 1.54) is 0 Å². The first-order chi connectivity index (χ1) is 15.5. The Labute approximate surface area is 192 Å². The minimum atomic E-state index is -0.720. The van der Waals surface area contributed by atoms with E-state index in [0.29, 0.717) is 34.6 Å². The predicted octanol–water partition coefficient (Wildman–Crippen LogP) is 4.56. The molecule has 0 unspecified atom stereocenters. The zero-order valence-electron chi connectivity index (χ0n) is 17.1. The van der Waals surface area contributed by atoms with Crippen LogP contribution in [0.2, 0.25) is 0 Å². The highest BCUT2D eigenvalue weighted by molar-refractivity contribution is 9.10. The van der Waals surface area contributed by atoms with Gasteiger partial charge in [0.1, 0.15) is 5.82 Å². The Kier molecular flexibility index (Phi) is 5.34. The number of nitrogens with zero attached hydrogens (tertiary/aromatic N) is 5. The molecule has 4 aromatic rings. The number of hydrogen-bond acceptors (Lipinski definition) is 6. The van der Waals surface area contributed by atoms with Gasteiger partial charge >= 0.3 is 5.97 Å². The summed E-state index contributed by atoms with van der Waals surface area (Å²) in [5, 5.41) is 13.7. The fourth-order valence-electron chi connectivity index (χ4n) is 4.30. The molecule has 3 N–H and O–H groups in total. The zero-order chi connectivity index (χ0) is 22.2. The summed E-state index contributed by atoms with van der Waals surface area (Å²) in [6.45, 7) is 0. The van der Waals surface area contributed by atoms with Gasteiger partial charge in [0.15, 0.2) is 11.5 Å². The van der Waals surface area contributed by atoms with E-state index in [-0.39, 0.29) is 11.8 Å². The summed E-state index contributed by atoms with van der Waals surface area (Å²) in [6, 6.07) is 9.80. The Hall–Kier alpha value is -3.33. The van der Waals surface area contributed by atoms with Gasteiger partial charge in [0.05, 0.1) is 22.3 Å². The number of carboxylic acid groups (broad SMARTS) is 1.